The smallest absolute Gasteiger partial charge is 0.266 e. The minimum absolute atomic E-state index is 0.0132. The first-order valence-corrected chi connectivity index (χ1v) is 13.5. The summed E-state index contributed by atoms with van der Waals surface area (Å²) in [5, 5.41) is 3.97. The summed E-state index contributed by atoms with van der Waals surface area (Å²) < 4.78 is 28.6. The molecule has 0 spiro atoms. The summed E-state index contributed by atoms with van der Waals surface area (Å²) >= 11 is 1.45. The van der Waals surface area contributed by atoms with Crippen LogP contribution in [0.4, 0.5) is 11.6 Å². The number of fused-ring (bicyclic) bond motifs is 1. The molecule has 5 rings (SSSR count). The maximum absolute atomic E-state index is 13.3. The van der Waals surface area contributed by atoms with E-state index < -0.39 is 10.0 Å². The molecule has 0 atom stereocenters. The fourth-order valence-corrected chi connectivity index (χ4v) is 5.88. The molecule has 3 aromatic carbocycles. The predicted molar refractivity (Wildman–Crippen MR) is 143 cm³/mol. The molecule has 0 bridgehead atoms. The highest BCUT2D eigenvalue weighted by molar-refractivity contribution is 7.92. The van der Waals surface area contributed by atoms with Gasteiger partial charge in [0.2, 0.25) is 5.95 Å². The van der Waals surface area contributed by atoms with E-state index in [1.165, 1.54) is 41.4 Å². The highest BCUT2D eigenvalue weighted by Crippen LogP contribution is 2.33. The maximum Gasteiger partial charge on any atom is 0.266 e. The van der Waals surface area contributed by atoms with Crippen LogP contribution in [0.15, 0.2) is 96.2 Å². The number of nitrogens with zero attached hydrogens (tertiary/aromatic N) is 2. The van der Waals surface area contributed by atoms with E-state index in [2.05, 4.69) is 44.3 Å². The molecular weight excluding hydrogens is 492 g/mol. The molecule has 180 valence electrons. The number of anilines is 2. The Kier molecular flexibility index (Phi) is 6.49. The van der Waals surface area contributed by atoms with Crippen molar-refractivity contribution in [3.8, 4) is 0 Å². The Bertz CT molecular complexity index is 1630. The summed E-state index contributed by atoms with van der Waals surface area (Å²) in [5.74, 6) is -0.245. The second kappa shape index (κ2) is 9.88. The van der Waals surface area contributed by atoms with Gasteiger partial charge in [-0.15, -0.1) is 11.3 Å². The summed E-state index contributed by atoms with van der Waals surface area (Å²) in [6, 6.07) is 23.9. The zero-order chi connectivity index (χ0) is 25.1. The third-order valence-electron chi connectivity index (χ3n) is 5.62. The average Bonchev–Trinajstić information content (AvgIpc) is 3.24. The van der Waals surface area contributed by atoms with Crippen molar-refractivity contribution in [3.63, 3.8) is 0 Å². The van der Waals surface area contributed by atoms with Crippen LogP contribution in [-0.2, 0) is 16.4 Å². The average molecular weight is 515 g/mol. The third kappa shape index (κ3) is 5.12. The Labute approximate surface area is 212 Å². The van der Waals surface area contributed by atoms with E-state index in [0.29, 0.717) is 17.0 Å². The number of sulfonamides is 1. The molecule has 0 aliphatic carbocycles. The maximum atomic E-state index is 13.3. The first-order chi connectivity index (χ1) is 17.4. The number of nitrogens with one attached hydrogen (secondary N) is 2. The van der Waals surface area contributed by atoms with Crippen LogP contribution < -0.4 is 10.0 Å². The number of aromatic nitrogens is 2. The van der Waals surface area contributed by atoms with Gasteiger partial charge in [0.05, 0.1) is 9.77 Å². The molecule has 2 N–H and O–H groups in total. The molecule has 1 amide bonds. The molecule has 7 nitrogen and oxygen atoms in total. The fourth-order valence-electron chi connectivity index (χ4n) is 3.80. The van der Waals surface area contributed by atoms with E-state index in [1.807, 2.05) is 31.2 Å². The van der Waals surface area contributed by atoms with Crippen LogP contribution in [0.2, 0.25) is 0 Å². The van der Waals surface area contributed by atoms with Crippen LogP contribution >= 0.6 is 11.3 Å². The zero-order valence-corrected chi connectivity index (χ0v) is 20.9. The number of rotatable bonds is 7. The summed E-state index contributed by atoms with van der Waals surface area (Å²) in [5.41, 5.74) is 3.78. The molecule has 2 heterocycles. The summed E-state index contributed by atoms with van der Waals surface area (Å²) in [4.78, 5) is 21.8. The molecule has 0 saturated heterocycles. The van der Waals surface area contributed by atoms with Crippen LogP contribution in [0.1, 0.15) is 26.4 Å². The normalized spacial score (nSPS) is 11.4. The first-order valence-electron chi connectivity index (χ1n) is 11.2. The lowest BCUT2D eigenvalue weighted by Gasteiger charge is -2.09. The van der Waals surface area contributed by atoms with Crippen LogP contribution in [0.3, 0.4) is 0 Å². The van der Waals surface area contributed by atoms with Gasteiger partial charge in [0.15, 0.2) is 0 Å². The van der Waals surface area contributed by atoms with Crippen molar-refractivity contribution in [2.75, 3.05) is 10.0 Å². The largest absolute Gasteiger partial charge is 0.321 e. The number of hydrogen-bond donors (Lipinski definition) is 2. The van der Waals surface area contributed by atoms with Gasteiger partial charge in [-0.2, -0.15) is 0 Å². The summed E-state index contributed by atoms with van der Waals surface area (Å²) in [6.45, 7) is 2.05. The highest BCUT2D eigenvalue weighted by atomic mass is 32.2. The number of amides is 1. The molecule has 9 heteroatoms. The molecule has 2 aromatic heterocycles. The monoisotopic (exact) mass is 514 g/mol. The fraction of sp³-hybridized carbons (Fsp3) is 0.0741. The predicted octanol–water partition coefficient (Wildman–Crippen LogP) is 5.64. The lowest BCUT2D eigenvalue weighted by molar-refractivity contribution is 0.103. The minimum Gasteiger partial charge on any atom is -0.321 e. The van der Waals surface area contributed by atoms with Gasteiger partial charge in [0, 0.05) is 22.8 Å². The Morgan fingerprint density at radius 1 is 0.889 bits per heavy atom. The molecule has 36 heavy (non-hydrogen) atoms. The number of carbonyl (C=O) groups excluding carboxylic acids is 1. The number of aryl methyl sites for hydroxylation is 1. The van der Waals surface area contributed by atoms with Crippen LogP contribution in [-0.4, -0.2) is 24.3 Å². The summed E-state index contributed by atoms with van der Waals surface area (Å²) in [6.07, 6.45) is 3.53. The Morgan fingerprint density at radius 2 is 1.58 bits per heavy atom. The van der Waals surface area contributed by atoms with E-state index in [1.54, 1.807) is 18.2 Å². The molecular formula is C27H22N4O3S2. The van der Waals surface area contributed by atoms with Crippen molar-refractivity contribution >= 4 is 49.0 Å². The van der Waals surface area contributed by atoms with Crippen molar-refractivity contribution in [1.82, 2.24) is 9.97 Å². The van der Waals surface area contributed by atoms with Gasteiger partial charge in [-0.25, -0.2) is 23.1 Å². The second-order valence-corrected chi connectivity index (χ2v) is 11.0. The van der Waals surface area contributed by atoms with Gasteiger partial charge in [0.1, 0.15) is 0 Å². The Hall–Kier alpha value is -4.08. The van der Waals surface area contributed by atoms with E-state index in [9.17, 15) is 13.2 Å². The SMILES string of the molecule is Cc1ccc(Cc2c(C(=O)Nc3ccc(S(=O)(=O)Nc4ncccn4)cc3)sc3ccccc23)cc1. The zero-order valence-electron chi connectivity index (χ0n) is 19.3. The van der Waals surface area contributed by atoms with Crippen LogP contribution in [0.25, 0.3) is 10.1 Å². The number of benzene rings is 3. The lowest BCUT2D eigenvalue weighted by atomic mass is 10.0. The van der Waals surface area contributed by atoms with E-state index >= 15 is 0 Å². The molecule has 0 radical (unpaired) electrons. The molecule has 0 unspecified atom stereocenters. The van der Waals surface area contributed by atoms with Crippen LogP contribution in [0.5, 0.6) is 0 Å². The van der Waals surface area contributed by atoms with Crippen molar-refractivity contribution in [2.45, 2.75) is 18.2 Å². The number of hydrogen-bond acceptors (Lipinski definition) is 6. The molecule has 0 aliphatic rings. The molecule has 0 saturated carbocycles. The van der Waals surface area contributed by atoms with Crippen molar-refractivity contribution < 1.29 is 13.2 Å². The molecule has 0 fully saturated rings. The molecule has 0 aliphatic heterocycles. The quantitative estimate of drug-likeness (QED) is 0.293. The van der Waals surface area contributed by atoms with Gasteiger partial charge < -0.3 is 5.32 Å². The first kappa shape index (κ1) is 23.7. The lowest BCUT2D eigenvalue weighted by Crippen LogP contribution is -2.15. The van der Waals surface area contributed by atoms with Gasteiger partial charge in [0.25, 0.3) is 15.9 Å². The topological polar surface area (TPSA) is 101 Å². The number of carbonyl (C=O) groups is 1. The van der Waals surface area contributed by atoms with Crippen molar-refractivity contribution in [1.29, 1.82) is 0 Å². The minimum atomic E-state index is -3.86. The van der Waals surface area contributed by atoms with Crippen molar-refractivity contribution in [3.05, 3.63) is 113 Å². The summed E-state index contributed by atoms with van der Waals surface area (Å²) in [7, 11) is -3.86. The van der Waals surface area contributed by atoms with Gasteiger partial charge in [-0.3, -0.25) is 4.79 Å². The number of thiophene rings is 1. The standard InChI is InChI=1S/C27H22N4O3S2/c1-18-7-9-19(10-8-18)17-23-22-5-2-3-6-24(22)35-25(23)26(32)30-20-11-13-21(14-12-20)36(33,34)31-27-28-15-4-16-29-27/h2-16H,17H2,1H3,(H,30,32)(H,28,29,31). The van der Waals surface area contributed by atoms with Crippen molar-refractivity contribution in [2.24, 2.45) is 0 Å². The van der Waals surface area contributed by atoms with E-state index in [4.69, 9.17) is 0 Å². The third-order valence-corrected chi connectivity index (χ3v) is 8.18. The van der Waals surface area contributed by atoms with E-state index in [-0.39, 0.29) is 16.8 Å². The van der Waals surface area contributed by atoms with Gasteiger partial charge in [-0.1, -0.05) is 48.0 Å². The second-order valence-electron chi connectivity index (χ2n) is 8.22. The van der Waals surface area contributed by atoms with Gasteiger partial charge >= 0.3 is 0 Å². The Balaban J connectivity index is 1.38. The van der Waals surface area contributed by atoms with Crippen LogP contribution in [0, 0.1) is 6.92 Å². The highest BCUT2D eigenvalue weighted by Gasteiger charge is 2.20. The van der Waals surface area contributed by atoms with E-state index in [0.717, 1.165) is 21.2 Å². The van der Waals surface area contributed by atoms with Gasteiger partial charge in [-0.05, 0) is 66.3 Å². The Morgan fingerprint density at radius 3 is 2.31 bits per heavy atom. The molecule has 5 aromatic rings.